The van der Waals surface area contributed by atoms with Crippen molar-refractivity contribution in [1.82, 2.24) is 4.90 Å². The SMILES string of the molecule is CCOc1cc(C(C#N)N2CCCCC2CC)ccc1O. The zero-order chi connectivity index (χ0) is 15.2. The van der Waals surface area contributed by atoms with Crippen LogP contribution >= 0.6 is 0 Å². The quantitative estimate of drug-likeness (QED) is 0.899. The van der Waals surface area contributed by atoms with Gasteiger partial charge in [0.15, 0.2) is 11.5 Å². The Labute approximate surface area is 127 Å². The van der Waals surface area contributed by atoms with Crippen molar-refractivity contribution < 1.29 is 9.84 Å². The molecule has 0 amide bonds. The Morgan fingerprint density at radius 2 is 2.24 bits per heavy atom. The van der Waals surface area contributed by atoms with Crippen LogP contribution in [0, 0.1) is 11.3 Å². The van der Waals surface area contributed by atoms with E-state index >= 15 is 0 Å². The fourth-order valence-corrected chi connectivity index (χ4v) is 3.11. The van der Waals surface area contributed by atoms with E-state index in [0.717, 1.165) is 31.4 Å². The van der Waals surface area contributed by atoms with E-state index in [1.54, 1.807) is 12.1 Å². The van der Waals surface area contributed by atoms with Gasteiger partial charge in [-0.2, -0.15) is 5.26 Å². The van der Waals surface area contributed by atoms with Crippen LogP contribution in [0.4, 0.5) is 0 Å². The lowest BCUT2D eigenvalue weighted by Crippen LogP contribution is -2.41. The van der Waals surface area contributed by atoms with Crippen LogP contribution in [-0.4, -0.2) is 29.2 Å². The maximum absolute atomic E-state index is 9.81. The summed E-state index contributed by atoms with van der Waals surface area (Å²) in [7, 11) is 0. The molecule has 1 saturated heterocycles. The smallest absolute Gasteiger partial charge is 0.161 e. The zero-order valence-electron chi connectivity index (χ0n) is 12.9. The number of phenolic OH excluding ortho intramolecular Hbond substituents is 1. The van der Waals surface area contributed by atoms with E-state index < -0.39 is 0 Å². The van der Waals surface area contributed by atoms with Gasteiger partial charge in [0.2, 0.25) is 0 Å². The van der Waals surface area contributed by atoms with E-state index in [2.05, 4.69) is 17.9 Å². The maximum atomic E-state index is 9.81. The van der Waals surface area contributed by atoms with Gasteiger partial charge in [-0.25, -0.2) is 0 Å². The van der Waals surface area contributed by atoms with Gasteiger partial charge in [0.05, 0.1) is 12.7 Å². The molecule has 2 unspecified atom stereocenters. The van der Waals surface area contributed by atoms with Crippen LogP contribution in [0.1, 0.15) is 51.1 Å². The molecule has 1 aliphatic heterocycles. The van der Waals surface area contributed by atoms with Gasteiger partial charge in [0, 0.05) is 12.6 Å². The van der Waals surface area contributed by atoms with Crippen LogP contribution < -0.4 is 4.74 Å². The summed E-state index contributed by atoms with van der Waals surface area (Å²) in [6.45, 7) is 5.52. The molecule has 1 aliphatic rings. The molecule has 4 heteroatoms. The number of rotatable bonds is 5. The molecule has 1 N–H and O–H groups in total. The third-order valence-electron chi connectivity index (χ3n) is 4.20. The number of likely N-dealkylation sites (tertiary alicyclic amines) is 1. The van der Waals surface area contributed by atoms with E-state index in [4.69, 9.17) is 4.74 Å². The topological polar surface area (TPSA) is 56.5 Å². The van der Waals surface area contributed by atoms with Crippen molar-refractivity contribution in [3.05, 3.63) is 23.8 Å². The highest BCUT2D eigenvalue weighted by Crippen LogP contribution is 2.34. The molecule has 2 rings (SSSR count). The second kappa shape index (κ2) is 7.33. The van der Waals surface area contributed by atoms with Gasteiger partial charge in [-0.05, 0) is 43.9 Å². The third kappa shape index (κ3) is 3.48. The van der Waals surface area contributed by atoms with Crippen LogP contribution in [0.25, 0.3) is 0 Å². The van der Waals surface area contributed by atoms with Crippen molar-refractivity contribution in [2.75, 3.05) is 13.2 Å². The van der Waals surface area contributed by atoms with Crippen molar-refractivity contribution in [3.63, 3.8) is 0 Å². The number of nitrogens with zero attached hydrogens (tertiary/aromatic N) is 2. The van der Waals surface area contributed by atoms with Crippen LogP contribution in [0.15, 0.2) is 18.2 Å². The Bertz CT molecular complexity index is 510. The highest BCUT2D eigenvalue weighted by molar-refractivity contribution is 5.44. The van der Waals surface area contributed by atoms with E-state index in [1.807, 2.05) is 13.0 Å². The summed E-state index contributed by atoms with van der Waals surface area (Å²) in [6.07, 6.45) is 4.61. The van der Waals surface area contributed by atoms with Crippen LogP contribution in [0.3, 0.4) is 0 Å². The lowest BCUT2D eigenvalue weighted by molar-refractivity contribution is 0.116. The minimum absolute atomic E-state index is 0.128. The highest BCUT2D eigenvalue weighted by Gasteiger charge is 2.29. The van der Waals surface area contributed by atoms with E-state index in [0.29, 0.717) is 18.4 Å². The second-order valence-electron chi connectivity index (χ2n) is 5.49. The largest absolute Gasteiger partial charge is 0.504 e. The van der Waals surface area contributed by atoms with Gasteiger partial charge in [-0.3, -0.25) is 4.90 Å². The summed E-state index contributed by atoms with van der Waals surface area (Å²) in [5.74, 6) is 0.586. The Hall–Kier alpha value is -1.73. The molecule has 1 aromatic carbocycles. The molecule has 0 radical (unpaired) electrons. The first-order valence-electron chi connectivity index (χ1n) is 7.82. The molecule has 114 valence electrons. The lowest BCUT2D eigenvalue weighted by atomic mass is 9.95. The fourth-order valence-electron chi connectivity index (χ4n) is 3.11. The second-order valence-corrected chi connectivity index (χ2v) is 5.49. The minimum atomic E-state index is -0.268. The summed E-state index contributed by atoms with van der Waals surface area (Å²) >= 11 is 0. The maximum Gasteiger partial charge on any atom is 0.161 e. The fraction of sp³-hybridized carbons (Fsp3) is 0.588. The Morgan fingerprint density at radius 1 is 1.43 bits per heavy atom. The van der Waals surface area contributed by atoms with Gasteiger partial charge in [-0.1, -0.05) is 19.4 Å². The lowest BCUT2D eigenvalue weighted by Gasteiger charge is -2.38. The molecule has 1 heterocycles. The Balaban J connectivity index is 2.28. The molecule has 4 nitrogen and oxygen atoms in total. The van der Waals surface area contributed by atoms with Crippen LogP contribution in [-0.2, 0) is 0 Å². The van der Waals surface area contributed by atoms with Crippen LogP contribution in [0.5, 0.6) is 11.5 Å². The van der Waals surface area contributed by atoms with Crippen molar-refractivity contribution in [2.45, 2.75) is 51.6 Å². The average molecular weight is 288 g/mol. The van der Waals surface area contributed by atoms with E-state index in [-0.39, 0.29) is 11.8 Å². The molecule has 1 aromatic rings. The van der Waals surface area contributed by atoms with Crippen molar-refractivity contribution in [1.29, 1.82) is 5.26 Å². The number of benzene rings is 1. The average Bonchev–Trinajstić information content (AvgIpc) is 2.52. The highest BCUT2D eigenvalue weighted by atomic mass is 16.5. The summed E-state index contributed by atoms with van der Waals surface area (Å²) in [5.41, 5.74) is 0.902. The molecule has 0 spiro atoms. The predicted molar refractivity (Wildman–Crippen MR) is 82.3 cm³/mol. The van der Waals surface area contributed by atoms with Gasteiger partial charge in [0.1, 0.15) is 6.04 Å². The molecule has 0 saturated carbocycles. The normalized spacial score (nSPS) is 20.7. The molecule has 0 aromatic heterocycles. The number of ether oxygens (including phenoxy) is 1. The molecule has 21 heavy (non-hydrogen) atoms. The van der Waals surface area contributed by atoms with Crippen molar-refractivity contribution in [3.8, 4) is 17.6 Å². The monoisotopic (exact) mass is 288 g/mol. The van der Waals surface area contributed by atoms with E-state index in [9.17, 15) is 10.4 Å². The first-order valence-corrected chi connectivity index (χ1v) is 7.82. The van der Waals surface area contributed by atoms with Gasteiger partial charge in [-0.15, -0.1) is 0 Å². The number of hydrogen-bond acceptors (Lipinski definition) is 4. The molecule has 0 aliphatic carbocycles. The molecule has 0 bridgehead atoms. The van der Waals surface area contributed by atoms with Crippen molar-refractivity contribution >= 4 is 0 Å². The number of aromatic hydroxyl groups is 1. The Morgan fingerprint density at radius 3 is 2.90 bits per heavy atom. The zero-order valence-corrected chi connectivity index (χ0v) is 12.9. The number of piperidine rings is 1. The van der Waals surface area contributed by atoms with E-state index in [1.165, 1.54) is 6.42 Å². The van der Waals surface area contributed by atoms with Gasteiger partial charge < -0.3 is 9.84 Å². The number of hydrogen-bond donors (Lipinski definition) is 1. The molecular weight excluding hydrogens is 264 g/mol. The van der Waals surface area contributed by atoms with Crippen LogP contribution in [0.2, 0.25) is 0 Å². The van der Waals surface area contributed by atoms with Crippen molar-refractivity contribution in [2.24, 2.45) is 0 Å². The molecule has 2 atom stereocenters. The van der Waals surface area contributed by atoms with Gasteiger partial charge >= 0.3 is 0 Å². The summed E-state index contributed by atoms with van der Waals surface area (Å²) in [4.78, 5) is 2.30. The summed E-state index contributed by atoms with van der Waals surface area (Å²) < 4.78 is 5.43. The molecular formula is C17H24N2O2. The predicted octanol–water partition coefficient (Wildman–Crippen LogP) is 3.62. The molecule has 1 fully saturated rings. The number of nitriles is 1. The summed E-state index contributed by atoms with van der Waals surface area (Å²) in [6, 6.07) is 7.87. The first-order chi connectivity index (χ1) is 10.2. The summed E-state index contributed by atoms with van der Waals surface area (Å²) in [5, 5.41) is 19.4. The Kier molecular flexibility index (Phi) is 5.46. The first kappa shape index (κ1) is 15.7. The number of phenols is 1. The third-order valence-corrected chi connectivity index (χ3v) is 4.20. The standard InChI is InChI=1S/C17H24N2O2/c1-3-14-7-5-6-10-19(14)15(12-18)13-8-9-16(20)17(11-13)21-4-2/h8-9,11,14-15,20H,3-7,10H2,1-2H3. The minimum Gasteiger partial charge on any atom is -0.504 e. The van der Waals surface area contributed by atoms with Gasteiger partial charge in [0.25, 0.3) is 0 Å².